The molecule has 4 saturated heterocycles. The lowest BCUT2D eigenvalue weighted by Gasteiger charge is -2.48. The van der Waals surface area contributed by atoms with Crippen LogP contribution in [0, 0.1) is 11.3 Å². The van der Waals surface area contributed by atoms with Crippen LogP contribution in [-0.2, 0) is 57.6 Å². The van der Waals surface area contributed by atoms with Crippen molar-refractivity contribution < 1.29 is 43.3 Å². The smallest absolute Gasteiger partial charge is 0.327 e. The molecule has 3 aliphatic carbocycles. The van der Waals surface area contributed by atoms with Gasteiger partial charge in [-0.25, -0.2) is 0 Å². The van der Waals surface area contributed by atoms with Crippen molar-refractivity contribution in [2.24, 2.45) is 11.3 Å². The van der Waals surface area contributed by atoms with Crippen LogP contribution in [0.15, 0.2) is 54.6 Å². The number of nitrogens with one attached hydrogen (secondary N) is 2. The highest BCUT2D eigenvalue weighted by atomic mass is 16.8. The molecule has 12 nitrogen and oxygen atoms in total. The first-order chi connectivity index (χ1) is 24.4. The second-order valence-corrected chi connectivity index (χ2v) is 14.8. The summed E-state index contributed by atoms with van der Waals surface area (Å²) in [7, 11) is 0. The van der Waals surface area contributed by atoms with Gasteiger partial charge in [-0.05, 0) is 47.4 Å². The van der Waals surface area contributed by atoms with Crippen molar-refractivity contribution in [3.05, 3.63) is 76.9 Å². The van der Waals surface area contributed by atoms with Crippen LogP contribution in [0.25, 0.3) is 6.08 Å². The SMILES string of the molecule is O=C(CCNC(=O)C12CC3OC(=O)C1N(Cc1ccccc1C=CC1CCC4OC4C1)OC2C1OC2(Cc4ccccc4C2)OC31)NCCO. The summed E-state index contributed by atoms with van der Waals surface area (Å²) in [6.07, 6.45) is 6.99. The van der Waals surface area contributed by atoms with Gasteiger partial charge in [0.05, 0.1) is 25.4 Å². The summed E-state index contributed by atoms with van der Waals surface area (Å²) in [5.41, 5.74) is 2.92. The van der Waals surface area contributed by atoms with E-state index in [2.05, 4.69) is 41.0 Å². The molecule has 2 aromatic carbocycles. The van der Waals surface area contributed by atoms with Crippen LogP contribution in [0.5, 0.6) is 0 Å². The van der Waals surface area contributed by atoms with Crippen molar-refractivity contribution in [2.45, 2.75) is 99.9 Å². The number of hydroxylamine groups is 2. The number of fused-ring (bicyclic) bond motifs is 6. The predicted molar refractivity (Wildman–Crippen MR) is 177 cm³/mol. The maximum Gasteiger partial charge on any atom is 0.327 e. The zero-order valence-electron chi connectivity index (χ0n) is 27.8. The lowest BCUT2D eigenvalue weighted by molar-refractivity contribution is -0.217. The first kappa shape index (κ1) is 32.3. The number of amides is 2. The van der Waals surface area contributed by atoms with Crippen LogP contribution >= 0.6 is 0 Å². The number of ether oxygens (including phenoxy) is 4. The third-order valence-corrected chi connectivity index (χ3v) is 11.8. The zero-order chi connectivity index (χ0) is 34.0. The molecule has 9 unspecified atom stereocenters. The second-order valence-electron chi connectivity index (χ2n) is 14.8. The minimum absolute atomic E-state index is 0.0247. The number of epoxide rings is 1. The highest BCUT2D eigenvalue weighted by Crippen LogP contribution is 2.58. The Morgan fingerprint density at radius 1 is 0.940 bits per heavy atom. The Labute approximate surface area is 290 Å². The van der Waals surface area contributed by atoms with Gasteiger partial charge in [0, 0.05) is 38.8 Å². The number of rotatable bonds is 10. The van der Waals surface area contributed by atoms with E-state index < -0.39 is 47.6 Å². The van der Waals surface area contributed by atoms with E-state index in [1.54, 1.807) is 5.06 Å². The monoisotopic (exact) mass is 685 g/mol. The summed E-state index contributed by atoms with van der Waals surface area (Å²) in [5.74, 6) is -1.70. The Bertz CT molecular complexity index is 1690. The molecule has 2 amide bonds. The number of esters is 1. The minimum Gasteiger partial charge on any atom is -0.458 e. The number of hydrogen-bond donors (Lipinski definition) is 3. The number of benzene rings is 2. The molecule has 12 heteroatoms. The van der Waals surface area contributed by atoms with Crippen molar-refractivity contribution in [1.29, 1.82) is 0 Å². The average molecular weight is 686 g/mol. The highest BCUT2D eigenvalue weighted by Gasteiger charge is 2.76. The summed E-state index contributed by atoms with van der Waals surface area (Å²) in [4.78, 5) is 47.6. The normalized spacial score (nSPS) is 35.7. The third kappa shape index (κ3) is 5.48. The minimum atomic E-state index is -1.34. The van der Waals surface area contributed by atoms with Gasteiger partial charge in [0.25, 0.3) is 0 Å². The van der Waals surface area contributed by atoms with Gasteiger partial charge in [-0.1, -0.05) is 60.7 Å². The van der Waals surface area contributed by atoms with Crippen molar-refractivity contribution in [2.75, 3.05) is 19.7 Å². The fourth-order valence-electron chi connectivity index (χ4n) is 9.36. The second kappa shape index (κ2) is 12.5. The molecule has 6 fully saturated rings. The van der Waals surface area contributed by atoms with Crippen molar-refractivity contribution in [3.8, 4) is 0 Å². The molecule has 0 radical (unpaired) electrons. The molecular formula is C38H43N3O9. The van der Waals surface area contributed by atoms with E-state index >= 15 is 0 Å². The van der Waals surface area contributed by atoms with Crippen LogP contribution in [0.4, 0.5) is 0 Å². The van der Waals surface area contributed by atoms with Crippen LogP contribution in [0.2, 0.25) is 0 Å². The van der Waals surface area contributed by atoms with Gasteiger partial charge < -0.3 is 34.7 Å². The first-order valence-electron chi connectivity index (χ1n) is 18.0. The van der Waals surface area contributed by atoms with E-state index in [4.69, 9.17) is 28.9 Å². The Kier molecular flexibility index (Phi) is 8.09. The summed E-state index contributed by atoms with van der Waals surface area (Å²) < 4.78 is 25.4. The van der Waals surface area contributed by atoms with Gasteiger partial charge in [-0.15, -0.1) is 0 Å². The molecule has 9 rings (SSSR count). The molecule has 7 aliphatic rings. The molecule has 2 aromatic rings. The molecule has 4 heterocycles. The van der Waals surface area contributed by atoms with Gasteiger partial charge in [0.15, 0.2) is 11.8 Å². The molecule has 264 valence electrons. The molecule has 3 N–H and O–H groups in total. The Balaban J connectivity index is 1.01. The summed E-state index contributed by atoms with van der Waals surface area (Å²) >= 11 is 0. The standard InChI is InChI=1S/C38H43N3O9/c42-16-15-39-30(43)13-14-40-36(45)38-20-29-31-32(49-37(48-31)18-24-6-2-3-7-25(24)19-37)34(38)50-41(33(38)35(44)47-29)21-26-8-4-1-5-23(26)11-9-22-10-12-27-28(17-22)46-27/h1-9,11,22,27-29,31-34,42H,10,12-21H2,(H,39,43)(H,40,45). The number of carbonyl (C=O) groups excluding carboxylic acids is 3. The molecule has 9 atom stereocenters. The summed E-state index contributed by atoms with van der Waals surface area (Å²) in [6.45, 7) is 0.264. The number of carbonyl (C=O) groups is 3. The number of hydrogen-bond acceptors (Lipinski definition) is 10. The molecule has 4 aliphatic heterocycles. The van der Waals surface area contributed by atoms with Gasteiger partial charge in [0.2, 0.25) is 11.8 Å². The maximum absolute atomic E-state index is 14.5. The Morgan fingerprint density at radius 3 is 2.52 bits per heavy atom. The molecular weight excluding hydrogens is 642 g/mol. The molecule has 50 heavy (non-hydrogen) atoms. The number of allylic oxidation sites excluding steroid dienone is 1. The molecule has 0 aromatic heterocycles. The molecule has 2 saturated carbocycles. The van der Waals surface area contributed by atoms with Gasteiger partial charge >= 0.3 is 5.97 Å². The summed E-state index contributed by atoms with van der Waals surface area (Å²) in [5, 5.41) is 16.2. The van der Waals surface area contributed by atoms with Gasteiger partial charge in [-0.2, -0.15) is 5.06 Å². The quantitative estimate of drug-likeness (QED) is 0.251. The molecule has 1 spiro atoms. The Morgan fingerprint density at radius 2 is 1.72 bits per heavy atom. The van der Waals surface area contributed by atoms with E-state index in [9.17, 15) is 14.4 Å². The highest BCUT2D eigenvalue weighted by molar-refractivity contribution is 5.94. The maximum atomic E-state index is 14.5. The summed E-state index contributed by atoms with van der Waals surface area (Å²) in [6, 6.07) is 15.1. The lowest BCUT2D eigenvalue weighted by Crippen LogP contribution is -2.69. The fourth-order valence-corrected chi connectivity index (χ4v) is 9.36. The zero-order valence-corrected chi connectivity index (χ0v) is 27.8. The Hall–Kier alpha value is -3.65. The number of nitrogens with zero attached hydrogens (tertiary/aromatic N) is 1. The van der Waals surface area contributed by atoms with Crippen LogP contribution < -0.4 is 10.6 Å². The van der Waals surface area contributed by atoms with Crippen molar-refractivity contribution in [1.82, 2.24) is 15.7 Å². The van der Waals surface area contributed by atoms with Crippen LogP contribution in [-0.4, -0.2) is 96.1 Å². The van der Waals surface area contributed by atoms with E-state index in [0.29, 0.717) is 31.0 Å². The first-order valence-corrected chi connectivity index (χ1v) is 18.0. The fraction of sp³-hybridized carbons (Fsp3) is 0.553. The van der Waals surface area contributed by atoms with Gasteiger partial charge in [-0.3, -0.25) is 19.2 Å². The van der Waals surface area contributed by atoms with E-state index in [0.717, 1.165) is 41.5 Å². The third-order valence-electron chi connectivity index (χ3n) is 11.8. The van der Waals surface area contributed by atoms with Crippen molar-refractivity contribution >= 4 is 23.9 Å². The van der Waals surface area contributed by atoms with Crippen molar-refractivity contribution in [3.63, 3.8) is 0 Å². The van der Waals surface area contributed by atoms with Gasteiger partial charge in [0.1, 0.15) is 29.8 Å². The number of aliphatic hydroxyl groups excluding tert-OH is 1. The average Bonchev–Trinajstić information content (AvgIpc) is 3.46. The van der Waals surface area contributed by atoms with Crippen LogP contribution in [0.3, 0.4) is 0 Å². The topological polar surface area (TPSA) is 148 Å². The lowest BCUT2D eigenvalue weighted by atomic mass is 9.62. The van der Waals surface area contributed by atoms with E-state index in [-0.39, 0.29) is 50.9 Å². The largest absolute Gasteiger partial charge is 0.458 e. The van der Waals surface area contributed by atoms with E-state index in [1.165, 1.54) is 0 Å². The predicted octanol–water partition coefficient (Wildman–Crippen LogP) is 1.96. The number of aliphatic hydroxyl groups is 1. The molecule has 2 bridgehead atoms. The van der Waals surface area contributed by atoms with Crippen LogP contribution in [0.1, 0.15) is 54.4 Å². The van der Waals surface area contributed by atoms with E-state index in [1.807, 2.05) is 30.3 Å².